The van der Waals surface area contributed by atoms with Crippen molar-refractivity contribution in [3.63, 3.8) is 0 Å². The van der Waals surface area contributed by atoms with Gasteiger partial charge in [-0.2, -0.15) is 18.3 Å². The van der Waals surface area contributed by atoms with Crippen molar-refractivity contribution in [3.8, 4) is 0 Å². The molecule has 1 N–H and O–H groups in total. The van der Waals surface area contributed by atoms with Gasteiger partial charge in [0.2, 0.25) is 0 Å². The first kappa shape index (κ1) is 10.5. The maximum Gasteiger partial charge on any atom is 0.418 e. The summed E-state index contributed by atoms with van der Waals surface area (Å²) in [6, 6.07) is 1.98. The molecule has 0 aliphatic heterocycles. The SMILES string of the molecule is O=C(O)c1cnn2cccc(C(F)(F)F)c12. The third-order valence-corrected chi connectivity index (χ3v) is 2.08. The highest BCUT2D eigenvalue weighted by atomic mass is 19.4. The van der Waals surface area contributed by atoms with Crippen molar-refractivity contribution >= 4 is 11.5 Å². The van der Waals surface area contributed by atoms with Gasteiger partial charge < -0.3 is 5.11 Å². The smallest absolute Gasteiger partial charge is 0.418 e. The molecule has 2 heterocycles. The number of nitrogens with zero attached hydrogens (tertiary/aromatic N) is 2. The molecule has 0 aliphatic carbocycles. The van der Waals surface area contributed by atoms with Crippen LogP contribution in [0.5, 0.6) is 0 Å². The minimum absolute atomic E-state index is 0.442. The lowest BCUT2D eigenvalue weighted by Crippen LogP contribution is -2.09. The Balaban J connectivity index is 2.84. The molecule has 2 aromatic heterocycles. The molecule has 0 amide bonds. The summed E-state index contributed by atoms with van der Waals surface area (Å²) < 4.78 is 38.7. The predicted molar refractivity (Wildman–Crippen MR) is 47.2 cm³/mol. The average molecular weight is 230 g/mol. The number of halogens is 3. The van der Waals surface area contributed by atoms with E-state index >= 15 is 0 Å². The second-order valence-electron chi connectivity index (χ2n) is 3.08. The van der Waals surface area contributed by atoms with E-state index in [1.165, 1.54) is 6.20 Å². The maximum atomic E-state index is 12.6. The molecule has 0 aromatic carbocycles. The van der Waals surface area contributed by atoms with Crippen molar-refractivity contribution < 1.29 is 23.1 Å². The lowest BCUT2D eigenvalue weighted by Gasteiger charge is -2.08. The van der Waals surface area contributed by atoms with Crippen LogP contribution < -0.4 is 0 Å². The highest BCUT2D eigenvalue weighted by Gasteiger charge is 2.34. The van der Waals surface area contributed by atoms with E-state index in [4.69, 9.17) is 5.11 Å². The number of hydrogen-bond donors (Lipinski definition) is 1. The van der Waals surface area contributed by atoms with Crippen molar-refractivity contribution in [2.24, 2.45) is 0 Å². The Morgan fingerprint density at radius 2 is 2.12 bits per heavy atom. The molecule has 0 atom stereocenters. The molecule has 2 rings (SSSR count). The third kappa shape index (κ3) is 1.50. The Morgan fingerprint density at radius 3 is 2.69 bits per heavy atom. The molecule has 0 bridgehead atoms. The molecule has 0 saturated carbocycles. The molecular formula is C9H5F3N2O2. The first-order valence-corrected chi connectivity index (χ1v) is 4.18. The third-order valence-electron chi connectivity index (χ3n) is 2.08. The van der Waals surface area contributed by atoms with Gasteiger partial charge >= 0.3 is 12.1 Å². The van der Waals surface area contributed by atoms with Crippen LogP contribution in [0.15, 0.2) is 24.5 Å². The molecule has 4 nitrogen and oxygen atoms in total. The number of alkyl halides is 3. The van der Waals surface area contributed by atoms with Gasteiger partial charge in [0.25, 0.3) is 0 Å². The van der Waals surface area contributed by atoms with Crippen LogP contribution in [-0.4, -0.2) is 20.7 Å². The molecule has 0 spiro atoms. The van der Waals surface area contributed by atoms with E-state index in [0.29, 0.717) is 0 Å². The number of aromatic carboxylic acids is 1. The van der Waals surface area contributed by atoms with Crippen molar-refractivity contribution in [1.82, 2.24) is 9.61 Å². The number of carbonyl (C=O) groups is 1. The molecule has 0 saturated heterocycles. The predicted octanol–water partition coefficient (Wildman–Crippen LogP) is 2.05. The summed E-state index contributed by atoms with van der Waals surface area (Å²) in [4.78, 5) is 10.7. The zero-order valence-corrected chi connectivity index (χ0v) is 7.69. The Labute approximate surface area is 86.9 Å². The molecule has 0 unspecified atom stereocenters. The summed E-state index contributed by atoms with van der Waals surface area (Å²) in [6.07, 6.45) is -2.45. The van der Waals surface area contributed by atoms with Crippen LogP contribution in [0.25, 0.3) is 5.52 Å². The van der Waals surface area contributed by atoms with Crippen molar-refractivity contribution in [2.45, 2.75) is 6.18 Å². The van der Waals surface area contributed by atoms with Gasteiger partial charge in [-0.1, -0.05) is 0 Å². The topological polar surface area (TPSA) is 54.6 Å². The van der Waals surface area contributed by atoms with Crippen LogP contribution in [-0.2, 0) is 6.18 Å². The van der Waals surface area contributed by atoms with Crippen LogP contribution in [0.1, 0.15) is 15.9 Å². The number of fused-ring (bicyclic) bond motifs is 1. The largest absolute Gasteiger partial charge is 0.478 e. The van der Waals surface area contributed by atoms with Crippen LogP contribution in [0.3, 0.4) is 0 Å². The fourth-order valence-corrected chi connectivity index (χ4v) is 1.43. The normalized spacial score (nSPS) is 11.9. The van der Waals surface area contributed by atoms with Gasteiger partial charge in [0.05, 0.1) is 17.3 Å². The van der Waals surface area contributed by atoms with Crippen molar-refractivity contribution in [3.05, 3.63) is 35.7 Å². The minimum atomic E-state index is -4.60. The van der Waals surface area contributed by atoms with E-state index in [-0.39, 0.29) is 0 Å². The molecule has 16 heavy (non-hydrogen) atoms. The number of carboxylic acids is 1. The molecule has 84 valence electrons. The summed E-state index contributed by atoms with van der Waals surface area (Å²) in [7, 11) is 0. The number of carboxylic acid groups (broad SMARTS) is 1. The van der Waals surface area contributed by atoms with Crippen LogP contribution >= 0.6 is 0 Å². The average Bonchev–Trinajstić information content (AvgIpc) is 2.58. The van der Waals surface area contributed by atoms with Crippen molar-refractivity contribution in [2.75, 3.05) is 0 Å². The van der Waals surface area contributed by atoms with Crippen LogP contribution in [0.4, 0.5) is 13.2 Å². The Morgan fingerprint density at radius 1 is 1.44 bits per heavy atom. The van der Waals surface area contributed by atoms with Crippen LogP contribution in [0, 0.1) is 0 Å². The zero-order chi connectivity index (χ0) is 11.9. The molecule has 2 aromatic rings. The maximum absolute atomic E-state index is 12.6. The van der Waals surface area contributed by atoms with Gasteiger partial charge in [-0.3, -0.25) is 0 Å². The van der Waals surface area contributed by atoms with E-state index in [9.17, 15) is 18.0 Å². The van der Waals surface area contributed by atoms with Gasteiger partial charge in [-0.15, -0.1) is 0 Å². The summed E-state index contributed by atoms with van der Waals surface area (Å²) in [6.45, 7) is 0. The molecule has 7 heteroatoms. The van der Waals surface area contributed by atoms with E-state index < -0.39 is 28.8 Å². The monoisotopic (exact) mass is 230 g/mol. The highest BCUT2D eigenvalue weighted by Crippen LogP contribution is 2.33. The fraction of sp³-hybridized carbons (Fsp3) is 0.111. The highest BCUT2D eigenvalue weighted by molar-refractivity contribution is 5.96. The van der Waals surface area contributed by atoms with E-state index in [2.05, 4.69) is 5.10 Å². The summed E-state index contributed by atoms with van der Waals surface area (Å²) in [5.41, 5.74) is -1.92. The van der Waals surface area contributed by atoms with Crippen molar-refractivity contribution in [1.29, 1.82) is 0 Å². The van der Waals surface area contributed by atoms with E-state index in [1.807, 2.05) is 0 Å². The van der Waals surface area contributed by atoms with Crippen LogP contribution in [0.2, 0.25) is 0 Å². The second-order valence-corrected chi connectivity index (χ2v) is 3.08. The summed E-state index contributed by atoms with van der Waals surface area (Å²) in [5, 5.41) is 12.3. The molecular weight excluding hydrogens is 225 g/mol. The second kappa shape index (κ2) is 3.22. The lowest BCUT2D eigenvalue weighted by atomic mass is 10.1. The van der Waals surface area contributed by atoms with E-state index in [0.717, 1.165) is 22.8 Å². The van der Waals surface area contributed by atoms with Gasteiger partial charge in [-0.05, 0) is 12.1 Å². The quantitative estimate of drug-likeness (QED) is 0.815. The fourth-order valence-electron chi connectivity index (χ4n) is 1.43. The number of hydrogen-bond acceptors (Lipinski definition) is 2. The first-order valence-electron chi connectivity index (χ1n) is 4.18. The molecule has 0 aliphatic rings. The first-order chi connectivity index (χ1) is 7.41. The number of aromatic nitrogens is 2. The Bertz CT molecular complexity index is 559. The van der Waals surface area contributed by atoms with Gasteiger partial charge in [0.15, 0.2) is 0 Å². The van der Waals surface area contributed by atoms with E-state index in [1.54, 1.807) is 0 Å². The standard InChI is InChI=1S/C9H5F3N2O2/c10-9(11,12)6-2-1-3-14-7(6)5(4-13-14)8(15)16/h1-4H,(H,15,16). The molecule has 0 radical (unpaired) electrons. The minimum Gasteiger partial charge on any atom is -0.478 e. The Hall–Kier alpha value is -2.05. The van der Waals surface area contributed by atoms with Gasteiger partial charge in [0, 0.05) is 6.20 Å². The summed E-state index contributed by atoms with van der Waals surface area (Å²) >= 11 is 0. The van der Waals surface area contributed by atoms with Gasteiger partial charge in [-0.25, -0.2) is 9.31 Å². The molecule has 0 fully saturated rings. The lowest BCUT2D eigenvalue weighted by molar-refractivity contribution is -0.136. The summed E-state index contributed by atoms with van der Waals surface area (Å²) in [5.74, 6) is -1.44. The Kier molecular flexibility index (Phi) is 2.11. The zero-order valence-electron chi connectivity index (χ0n) is 7.69. The van der Waals surface area contributed by atoms with Gasteiger partial charge in [0.1, 0.15) is 5.56 Å². The number of pyridine rings is 1. The number of rotatable bonds is 1.